The molecule has 0 saturated carbocycles. The first-order chi connectivity index (χ1) is 9.90. The van der Waals surface area contributed by atoms with Crippen LogP contribution >= 0.6 is 0 Å². The van der Waals surface area contributed by atoms with E-state index in [1.54, 1.807) is 13.8 Å². The van der Waals surface area contributed by atoms with Crippen LogP contribution in [0.1, 0.15) is 29.4 Å². The van der Waals surface area contributed by atoms with E-state index in [4.69, 9.17) is 4.42 Å². The van der Waals surface area contributed by atoms with Crippen LogP contribution in [0.2, 0.25) is 0 Å². The molecule has 0 radical (unpaired) electrons. The molecule has 2 aromatic rings. The summed E-state index contributed by atoms with van der Waals surface area (Å²) in [4.78, 5) is 11.8. The third-order valence-electron chi connectivity index (χ3n) is 3.36. The Bertz CT molecular complexity index is 761. The minimum atomic E-state index is -0.600. The van der Waals surface area contributed by atoms with Crippen LogP contribution in [0, 0.1) is 20.8 Å². The van der Waals surface area contributed by atoms with Crippen molar-refractivity contribution < 1.29 is 9.52 Å². The van der Waals surface area contributed by atoms with Crippen molar-refractivity contribution in [2.24, 2.45) is 5.10 Å². The molecule has 0 aliphatic heterocycles. The molecule has 0 spiro atoms. The summed E-state index contributed by atoms with van der Waals surface area (Å²) in [5.41, 5.74) is 5.82. The highest BCUT2D eigenvalue weighted by Gasteiger charge is 2.13. The lowest BCUT2D eigenvalue weighted by atomic mass is 10.1. The van der Waals surface area contributed by atoms with Crippen molar-refractivity contribution in [1.82, 2.24) is 0 Å². The molecule has 0 bridgehead atoms. The maximum atomic E-state index is 11.8. The molecule has 5 nitrogen and oxygen atoms in total. The summed E-state index contributed by atoms with van der Waals surface area (Å²) >= 11 is 0. The van der Waals surface area contributed by atoms with Gasteiger partial charge in [-0.2, -0.15) is 5.10 Å². The van der Waals surface area contributed by atoms with E-state index in [-0.39, 0.29) is 11.3 Å². The molecular formula is C16H18N2O3. The van der Waals surface area contributed by atoms with Crippen LogP contribution in [-0.4, -0.2) is 10.8 Å². The van der Waals surface area contributed by atoms with E-state index in [0.717, 1.165) is 16.8 Å². The topological polar surface area (TPSA) is 74.8 Å². The zero-order chi connectivity index (χ0) is 15.6. The molecule has 0 unspecified atom stereocenters. The van der Waals surface area contributed by atoms with Crippen molar-refractivity contribution in [3.8, 4) is 5.75 Å². The van der Waals surface area contributed by atoms with Crippen LogP contribution in [-0.2, 0) is 0 Å². The molecule has 110 valence electrons. The molecule has 2 rings (SSSR count). The molecule has 1 aromatic carbocycles. The summed E-state index contributed by atoms with van der Waals surface area (Å²) in [6.45, 7) is 7.24. The molecule has 5 heteroatoms. The summed E-state index contributed by atoms with van der Waals surface area (Å²) in [7, 11) is 0. The fraction of sp³-hybridized carbons (Fsp3) is 0.250. The molecule has 0 atom stereocenters. The summed E-state index contributed by atoms with van der Waals surface area (Å²) in [5.74, 6) is 0.226. The molecule has 1 aromatic heterocycles. The predicted molar refractivity (Wildman–Crippen MR) is 83.1 cm³/mol. The number of hydrazone groups is 1. The second-order valence-corrected chi connectivity index (χ2v) is 4.96. The van der Waals surface area contributed by atoms with Gasteiger partial charge in [-0.15, -0.1) is 0 Å². The minimum Gasteiger partial charge on any atom is -0.507 e. The largest absolute Gasteiger partial charge is 0.507 e. The highest BCUT2D eigenvalue weighted by atomic mass is 16.4. The van der Waals surface area contributed by atoms with Crippen molar-refractivity contribution >= 4 is 11.4 Å². The molecule has 0 amide bonds. The lowest BCUT2D eigenvalue weighted by Gasteiger charge is -2.09. The number of nitrogens with one attached hydrogen (secondary N) is 1. The van der Waals surface area contributed by atoms with Gasteiger partial charge in [0.1, 0.15) is 17.1 Å². The number of anilines is 1. The Kier molecular flexibility index (Phi) is 4.12. The zero-order valence-electron chi connectivity index (χ0n) is 12.5. The smallest absolute Gasteiger partial charge is 0.348 e. The number of benzene rings is 1. The van der Waals surface area contributed by atoms with Gasteiger partial charge in [0.15, 0.2) is 0 Å². The molecular weight excluding hydrogens is 268 g/mol. The average Bonchev–Trinajstić information content (AvgIpc) is 2.39. The van der Waals surface area contributed by atoms with Gasteiger partial charge in [0.05, 0.1) is 11.4 Å². The second kappa shape index (κ2) is 5.83. The molecule has 2 N–H and O–H groups in total. The van der Waals surface area contributed by atoms with Crippen LogP contribution in [0.25, 0.3) is 0 Å². The first kappa shape index (κ1) is 14.8. The maximum Gasteiger partial charge on any atom is 0.348 e. The van der Waals surface area contributed by atoms with Crippen molar-refractivity contribution in [3.63, 3.8) is 0 Å². The fourth-order valence-electron chi connectivity index (χ4n) is 2.00. The van der Waals surface area contributed by atoms with Gasteiger partial charge in [-0.1, -0.05) is 12.1 Å². The molecule has 0 aliphatic carbocycles. The van der Waals surface area contributed by atoms with Crippen molar-refractivity contribution in [3.05, 3.63) is 57.1 Å². The highest BCUT2D eigenvalue weighted by molar-refractivity contribution is 6.00. The summed E-state index contributed by atoms with van der Waals surface area (Å²) in [6, 6.07) is 7.23. The maximum absolute atomic E-state index is 11.8. The Balaban J connectivity index is 2.35. The van der Waals surface area contributed by atoms with Gasteiger partial charge < -0.3 is 9.52 Å². The number of hydrogen-bond donors (Lipinski definition) is 2. The average molecular weight is 286 g/mol. The molecule has 1 heterocycles. The summed E-state index contributed by atoms with van der Waals surface area (Å²) in [6.07, 6.45) is 0. The van der Waals surface area contributed by atoms with Crippen molar-refractivity contribution in [2.75, 3.05) is 5.43 Å². The quantitative estimate of drug-likeness (QED) is 0.671. The van der Waals surface area contributed by atoms with E-state index in [1.807, 2.05) is 32.0 Å². The Morgan fingerprint density at radius 2 is 2.00 bits per heavy atom. The number of nitrogens with zero attached hydrogens (tertiary/aromatic N) is 1. The van der Waals surface area contributed by atoms with Crippen molar-refractivity contribution in [1.29, 1.82) is 0 Å². The van der Waals surface area contributed by atoms with Crippen LogP contribution < -0.4 is 11.1 Å². The van der Waals surface area contributed by atoms with Crippen LogP contribution in [0.3, 0.4) is 0 Å². The number of rotatable bonds is 3. The normalized spacial score (nSPS) is 11.5. The zero-order valence-corrected chi connectivity index (χ0v) is 12.5. The lowest BCUT2D eigenvalue weighted by molar-refractivity contribution is 0.432. The monoisotopic (exact) mass is 286 g/mol. The molecule has 0 fully saturated rings. The summed E-state index contributed by atoms with van der Waals surface area (Å²) < 4.78 is 4.98. The van der Waals surface area contributed by atoms with Gasteiger partial charge in [0, 0.05) is 6.07 Å². The molecule has 0 aliphatic rings. The van der Waals surface area contributed by atoms with Crippen LogP contribution in [0.4, 0.5) is 5.69 Å². The van der Waals surface area contributed by atoms with Gasteiger partial charge in [-0.05, 0) is 44.9 Å². The van der Waals surface area contributed by atoms with E-state index in [0.29, 0.717) is 11.5 Å². The number of aryl methyl sites for hydroxylation is 2. The van der Waals surface area contributed by atoms with Crippen LogP contribution in [0.15, 0.2) is 38.6 Å². The third-order valence-corrected chi connectivity index (χ3v) is 3.36. The fourth-order valence-corrected chi connectivity index (χ4v) is 2.00. The first-order valence-electron chi connectivity index (χ1n) is 6.60. The molecule has 0 saturated heterocycles. The van der Waals surface area contributed by atoms with Crippen molar-refractivity contribution in [2.45, 2.75) is 27.7 Å². The van der Waals surface area contributed by atoms with E-state index >= 15 is 0 Å². The van der Waals surface area contributed by atoms with Gasteiger partial charge in [-0.3, -0.25) is 5.43 Å². The lowest BCUT2D eigenvalue weighted by Crippen LogP contribution is -2.14. The SMILES string of the molecule is CC(=NNc1cccc(C)c1C)c1c(O)cc(C)oc1=O. The number of aromatic hydroxyl groups is 1. The van der Waals surface area contributed by atoms with Gasteiger partial charge >= 0.3 is 5.63 Å². The first-order valence-corrected chi connectivity index (χ1v) is 6.60. The Morgan fingerprint density at radius 3 is 2.67 bits per heavy atom. The predicted octanol–water partition coefficient (Wildman–Crippen LogP) is 3.11. The Labute approximate surface area is 122 Å². The van der Waals surface area contributed by atoms with E-state index < -0.39 is 5.63 Å². The Morgan fingerprint density at radius 1 is 1.29 bits per heavy atom. The van der Waals surface area contributed by atoms with E-state index in [9.17, 15) is 9.90 Å². The summed E-state index contributed by atoms with van der Waals surface area (Å²) in [5, 5.41) is 14.0. The highest BCUT2D eigenvalue weighted by Crippen LogP contribution is 2.19. The molecule has 21 heavy (non-hydrogen) atoms. The Hall–Kier alpha value is -2.56. The van der Waals surface area contributed by atoms with E-state index in [1.165, 1.54) is 6.07 Å². The van der Waals surface area contributed by atoms with E-state index in [2.05, 4.69) is 10.5 Å². The third kappa shape index (κ3) is 3.13. The van der Waals surface area contributed by atoms with Gasteiger partial charge in [0.25, 0.3) is 0 Å². The second-order valence-electron chi connectivity index (χ2n) is 4.96. The number of hydrogen-bond acceptors (Lipinski definition) is 5. The minimum absolute atomic E-state index is 0.0680. The van der Waals surface area contributed by atoms with Gasteiger partial charge in [-0.25, -0.2) is 4.79 Å². The van der Waals surface area contributed by atoms with Gasteiger partial charge in [0.2, 0.25) is 0 Å². The van der Waals surface area contributed by atoms with Crippen LogP contribution in [0.5, 0.6) is 5.75 Å². The standard InChI is InChI=1S/C16H18N2O3/c1-9-6-5-7-13(11(9)3)18-17-12(4)15-14(19)8-10(2)21-16(15)20/h5-8,18-19H,1-4H3.